The Morgan fingerprint density at radius 1 is 1.36 bits per heavy atom. The number of hydrogen-bond acceptors (Lipinski definition) is 5. The average Bonchev–Trinajstić information content (AvgIpc) is 2.30. The number of ether oxygens (including phenoxy) is 2. The van der Waals surface area contributed by atoms with Gasteiger partial charge in [-0.05, 0) is 0 Å². The topological polar surface area (TPSA) is 79.2 Å². The molecule has 66 valence electrons. The van der Waals surface area contributed by atoms with E-state index in [1.807, 2.05) is 0 Å². The van der Waals surface area contributed by atoms with Gasteiger partial charge in [-0.2, -0.15) is 0 Å². The smallest absolute Gasteiger partial charge is 0.186 e. The Balaban J connectivity index is 2.53. The highest BCUT2D eigenvalue weighted by Crippen LogP contribution is 2.20. The molecule has 1 saturated heterocycles. The molecule has 0 aromatic heterocycles. The second-order valence-electron chi connectivity index (χ2n) is 2.44. The third-order valence-electron chi connectivity index (χ3n) is 1.73. The van der Waals surface area contributed by atoms with E-state index in [1.165, 1.54) is 7.11 Å². The highest BCUT2D eigenvalue weighted by molar-refractivity contribution is 4.85. The summed E-state index contributed by atoms with van der Waals surface area (Å²) in [5.41, 5.74) is 0. The normalized spacial score (nSPS) is 44.7. The molecule has 1 aliphatic heterocycles. The summed E-state index contributed by atoms with van der Waals surface area (Å²) in [5.74, 6) is 0. The molecule has 5 heteroatoms. The Kier molecular flexibility index (Phi) is 2.80. The minimum Gasteiger partial charge on any atom is -0.394 e. The van der Waals surface area contributed by atoms with Crippen molar-refractivity contribution in [2.24, 2.45) is 0 Å². The Morgan fingerprint density at radius 3 is 2.27 bits per heavy atom. The van der Waals surface area contributed by atoms with Crippen molar-refractivity contribution in [2.75, 3.05) is 13.7 Å². The van der Waals surface area contributed by atoms with Gasteiger partial charge in [0.1, 0.15) is 18.3 Å². The fourth-order valence-electron chi connectivity index (χ4n) is 1.06. The van der Waals surface area contributed by atoms with E-state index in [2.05, 4.69) is 4.74 Å². The van der Waals surface area contributed by atoms with Crippen molar-refractivity contribution in [1.29, 1.82) is 0 Å². The summed E-state index contributed by atoms with van der Waals surface area (Å²) in [7, 11) is 1.36. The Labute approximate surface area is 64.2 Å². The molecule has 1 fully saturated rings. The average molecular weight is 164 g/mol. The summed E-state index contributed by atoms with van der Waals surface area (Å²) in [4.78, 5) is 0. The van der Waals surface area contributed by atoms with Crippen LogP contribution < -0.4 is 0 Å². The fraction of sp³-hybridized carbons (Fsp3) is 1.00. The number of hydrogen-bond donors (Lipinski definition) is 3. The van der Waals surface area contributed by atoms with Gasteiger partial charge in [0.2, 0.25) is 0 Å². The zero-order chi connectivity index (χ0) is 8.43. The zero-order valence-electron chi connectivity index (χ0n) is 6.17. The van der Waals surface area contributed by atoms with E-state index in [0.717, 1.165) is 0 Å². The Morgan fingerprint density at radius 2 is 2.00 bits per heavy atom. The predicted octanol–water partition coefficient (Wildman–Crippen LogP) is -1.93. The molecule has 0 saturated carbocycles. The standard InChI is InChI=1S/C6H12O5/c1-10-6-5(9)4(8)3(2-7)11-6/h3-9H,2H2,1H3/t3-,4+,5-,6-/m0/s1. The van der Waals surface area contributed by atoms with E-state index in [4.69, 9.17) is 20.1 Å². The van der Waals surface area contributed by atoms with Crippen LogP contribution in [0.3, 0.4) is 0 Å². The van der Waals surface area contributed by atoms with Crippen LogP contribution in [0.15, 0.2) is 0 Å². The van der Waals surface area contributed by atoms with E-state index in [0.29, 0.717) is 0 Å². The number of aliphatic hydroxyl groups excluding tert-OH is 3. The molecule has 1 heterocycles. The molecule has 5 nitrogen and oxygen atoms in total. The molecule has 0 aromatic rings. The molecule has 4 atom stereocenters. The van der Waals surface area contributed by atoms with Crippen LogP contribution in [0.4, 0.5) is 0 Å². The molecule has 0 spiro atoms. The quantitative estimate of drug-likeness (QED) is 0.443. The molecule has 0 unspecified atom stereocenters. The maximum absolute atomic E-state index is 9.15. The first-order valence-corrected chi connectivity index (χ1v) is 3.36. The second kappa shape index (κ2) is 3.46. The van der Waals surface area contributed by atoms with Gasteiger partial charge >= 0.3 is 0 Å². The SMILES string of the molecule is CO[C@H]1O[C@@H](CO)[C@@H](O)[C@@H]1O. The third-order valence-corrected chi connectivity index (χ3v) is 1.73. The van der Waals surface area contributed by atoms with Crippen molar-refractivity contribution in [3.8, 4) is 0 Å². The monoisotopic (exact) mass is 164 g/mol. The molecule has 0 radical (unpaired) electrons. The largest absolute Gasteiger partial charge is 0.394 e. The van der Waals surface area contributed by atoms with E-state index in [1.54, 1.807) is 0 Å². The molecular weight excluding hydrogens is 152 g/mol. The molecule has 1 aliphatic rings. The summed E-state index contributed by atoms with van der Waals surface area (Å²) in [5, 5.41) is 26.9. The van der Waals surface area contributed by atoms with Crippen molar-refractivity contribution in [3.05, 3.63) is 0 Å². The molecule has 11 heavy (non-hydrogen) atoms. The van der Waals surface area contributed by atoms with Gasteiger partial charge in [0.05, 0.1) is 6.61 Å². The Hall–Kier alpha value is -0.200. The van der Waals surface area contributed by atoms with Crippen molar-refractivity contribution >= 4 is 0 Å². The van der Waals surface area contributed by atoms with Crippen molar-refractivity contribution in [3.63, 3.8) is 0 Å². The first-order chi connectivity index (χ1) is 5.20. The first kappa shape index (κ1) is 8.89. The zero-order valence-corrected chi connectivity index (χ0v) is 6.17. The van der Waals surface area contributed by atoms with Crippen LogP contribution >= 0.6 is 0 Å². The summed E-state index contributed by atoms with van der Waals surface area (Å²) >= 11 is 0. The van der Waals surface area contributed by atoms with Crippen LogP contribution in [0.2, 0.25) is 0 Å². The van der Waals surface area contributed by atoms with Crippen molar-refractivity contribution in [2.45, 2.75) is 24.6 Å². The van der Waals surface area contributed by atoms with Crippen LogP contribution in [0.5, 0.6) is 0 Å². The van der Waals surface area contributed by atoms with Crippen LogP contribution in [-0.4, -0.2) is 53.6 Å². The number of rotatable bonds is 2. The molecule has 1 rings (SSSR count). The minimum atomic E-state index is -1.07. The van der Waals surface area contributed by atoms with Gasteiger partial charge in [-0.1, -0.05) is 0 Å². The predicted molar refractivity (Wildman–Crippen MR) is 34.8 cm³/mol. The third kappa shape index (κ3) is 1.52. The van der Waals surface area contributed by atoms with Crippen LogP contribution in [0.25, 0.3) is 0 Å². The number of aliphatic hydroxyl groups is 3. The Bertz CT molecular complexity index is 110. The van der Waals surface area contributed by atoms with Gasteiger partial charge in [-0.3, -0.25) is 0 Å². The molecule has 0 aromatic carbocycles. The number of methoxy groups -OCH3 is 1. The van der Waals surface area contributed by atoms with Gasteiger partial charge in [-0.25, -0.2) is 0 Å². The van der Waals surface area contributed by atoms with Crippen molar-refractivity contribution in [1.82, 2.24) is 0 Å². The van der Waals surface area contributed by atoms with Crippen LogP contribution in [0.1, 0.15) is 0 Å². The molecule has 0 aliphatic carbocycles. The van der Waals surface area contributed by atoms with Crippen molar-refractivity contribution < 1.29 is 24.8 Å². The molecule has 0 bridgehead atoms. The van der Waals surface area contributed by atoms with Crippen LogP contribution in [-0.2, 0) is 9.47 Å². The lowest BCUT2D eigenvalue weighted by molar-refractivity contribution is -0.153. The highest BCUT2D eigenvalue weighted by atomic mass is 16.7. The van der Waals surface area contributed by atoms with Gasteiger partial charge in [0.25, 0.3) is 0 Å². The maximum Gasteiger partial charge on any atom is 0.186 e. The molecule has 0 amide bonds. The van der Waals surface area contributed by atoms with Gasteiger partial charge < -0.3 is 24.8 Å². The van der Waals surface area contributed by atoms with E-state index in [-0.39, 0.29) is 6.61 Å². The minimum absolute atomic E-state index is 0.321. The lowest BCUT2D eigenvalue weighted by atomic mass is 10.1. The summed E-state index contributed by atoms with van der Waals surface area (Å²) in [6.45, 7) is -0.321. The summed E-state index contributed by atoms with van der Waals surface area (Å²) in [6.07, 6.45) is -3.71. The van der Waals surface area contributed by atoms with E-state index in [9.17, 15) is 0 Å². The highest BCUT2D eigenvalue weighted by Gasteiger charge is 2.42. The van der Waals surface area contributed by atoms with Crippen LogP contribution in [0, 0.1) is 0 Å². The lowest BCUT2D eigenvalue weighted by Gasteiger charge is -2.11. The first-order valence-electron chi connectivity index (χ1n) is 3.36. The lowest BCUT2D eigenvalue weighted by Crippen LogP contribution is -2.34. The fourth-order valence-corrected chi connectivity index (χ4v) is 1.06. The van der Waals surface area contributed by atoms with Gasteiger partial charge in [-0.15, -0.1) is 0 Å². The van der Waals surface area contributed by atoms with Gasteiger partial charge in [0, 0.05) is 7.11 Å². The second-order valence-corrected chi connectivity index (χ2v) is 2.44. The summed E-state index contributed by atoms with van der Waals surface area (Å²) < 4.78 is 9.59. The van der Waals surface area contributed by atoms with E-state index >= 15 is 0 Å². The van der Waals surface area contributed by atoms with Gasteiger partial charge in [0.15, 0.2) is 6.29 Å². The van der Waals surface area contributed by atoms with E-state index < -0.39 is 24.6 Å². The summed E-state index contributed by atoms with van der Waals surface area (Å²) in [6, 6.07) is 0. The molecular formula is C6H12O5. The maximum atomic E-state index is 9.15. The molecule has 3 N–H and O–H groups in total.